The molecule has 2 aromatic rings. The van der Waals surface area contributed by atoms with Crippen molar-refractivity contribution in [3.05, 3.63) is 58.7 Å². The molecular formula is C24H36O2W. The number of phenolic OH excluding ortho intramolecular Hbond substituents is 2. The molecule has 2 aromatic carbocycles. The summed E-state index contributed by atoms with van der Waals surface area (Å²) in [7, 11) is 0. The van der Waals surface area contributed by atoms with Crippen LogP contribution in [0.3, 0.4) is 0 Å². The van der Waals surface area contributed by atoms with Crippen LogP contribution in [0.4, 0.5) is 0 Å². The first kappa shape index (κ1) is 25.7. The molecule has 2 rings (SSSR count). The van der Waals surface area contributed by atoms with E-state index in [1.165, 1.54) is 11.1 Å². The Morgan fingerprint density at radius 3 is 1.00 bits per heavy atom. The monoisotopic (exact) mass is 540 g/mol. The molecule has 0 bridgehead atoms. The van der Waals surface area contributed by atoms with E-state index < -0.39 is 0 Å². The van der Waals surface area contributed by atoms with Gasteiger partial charge >= 0.3 is 0 Å². The number of hydrogen-bond donors (Lipinski definition) is 2. The Kier molecular flexibility index (Phi) is 11.0. The second-order valence-corrected chi connectivity index (χ2v) is 8.18. The van der Waals surface area contributed by atoms with Crippen molar-refractivity contribution in [1.82, 2.24) is 0 Å². The average Bonchev–Trinajstić information content (AvgIpc) is 2.54. The SMILES string of the molecule is CC(C)c1cccc(O)c1C(C)C.CC(C)c1cccc(O)c1C(C)C.[W]. The second-order valence-electron chi connectivity index (χ2n) is 8.18. The van der Waals surface area contributed by atoms with Crippen molar-refractivity contribution in [2.45, 2.75) is 79.1 Å². The van der Waals surface area contributed by atoms with Crippen LogP contribution in [0.15, 0.2) is 36.4 Å². The number of aromatic hydroxyl groups is 2. The smallest absolute Gasteiger partial charge is 0.119 e. The fraction of sp³-hybridized carbons (Fsp3) is 0.500. The molecular weight excluding hydrogens is 504 g/mol. The summed E-state index contributed by atoms with van der Waals surface area (Å²) < 4.78 is 0. The number of rotatable bonds is 4. The molecule has 0 aliphatic heterocycles. The Morgan fingerprint density at radius 2 is 0.815 bits per heavy atom. The maximum atomic E-state index is 9.71. The predicted octanol–water partition coefficient (Wildman–Crippen LogP) is 7.28. The summed E-state index contributed by atoms with van der Waals surface area (Å²) in [6.45, 7) is 17.1. The fourth-order valence-electron chi connectivity index (χ4n) is 3.41. The van der Waals surface area contributed by atoms with E-state index in [4.69, 9.17) is 0 Å². The van der Waals surface area contributed by atoms with Gasteiger partial charge in [0.25, 0.3) is 0 Å². The quantitative estimate of drug-likeness (QED) is 0.428. The largest absolute Gasteiger partial charge is 0.508 e. The summed E-state index contributed by atoms with van der Waals surface area (Å²) in [6.07, 6.45) is 0. The van der Waals surface area contributed by atoms with Crippen LogP contribution in [-0.4, -0.2) is 10.2 Å². The minimum atomic E-state index is 0. The molecule has 0 aliphatic carbocycles. The van der Waals surface area contributed by atoms with Gasteiger partial charge in [0.1, 0.15) is 11.5 Å². The third-order valence-electron chi connectivity index (χ3n) is 4.63. The molecule has 0 aliphatic rings. The Morgan fingerprint density at radius 1 is 0.519 bits per heavy atom. The number of hydrogen-bond acceptors (Lipinski definition) is 2. The number of phenols is 2. The molecule has 150 valence electrons. The summed E-state index contributed by atoms with van der Waals surface area (Å²) >= 11 is 0. The topological polar surface area (TPSA) is 40.5 Å². The van der Waals surface area contributed by atoms with Gasteiger partial charge in [-0.1, -0.05) is 79.7 Å². The average molecular weight is 540 g/mol. The minimum absolute atomic E-state index is 0. The van der Waals surface area contributed by atoms with Crippen molar-refractivity contribution in [3.8, 4) is 11.5 Å². The van der Waals surface area contributed by atoms with Crippen LogP contribution in [0, 0.1) is 0 Å². The first-order valence-corrected chi connectivity index (χ1v) is 9.71. The summed E-state index contributed by atoms with van der Waals surface area (Å²) in [5.74, 6) is 2.59. The van der Waals surface area contributed by atoms with Crippen molar-refractivity contribution < 1.29 is 31.3 Å². The van der Waals surface area contributed by atoms with E-state index >= 15 is 0 Å². The van der Waals surface area contributed by atoms with E-state index in [2.05, 4.69) is 67.5 Å². The summed E-state index contributed by atoms with van der Waals surface area (Å²) in [5, 5.41) is 19.4. The molecule has 0 atom stereocenters. The normalized spacial score (nSPS) is 10.8. The summed E-state index contributed by atoms with van der Waals surface area (Å²) in [6, 6.07) is 11.6. The van der Waals surface area contributed by atoms with Crippen LogP contribution in [-0.2, 0) is 21.1 Å². The first-order chi connectivity index (χ1) is 12.1. The van der Waals surface area contributed by atoms with Gasteiger partial charge in [-0.15, -0.1) is 0 Å². The Labute approximate surface area is 180 Å². The minimum Gasteiger partial charge on any atom is -0.508 e. The van der Waals surface area contributed by atoms with E-state index in [0.717, 1.165) is 11.1 Å². The third kappa shape index (κ3) is 7.00. The molecule has 0 unspecified atom stereocenters. The second kappa shape index (κ2) is 11.5. The van der Waals surface area contributed by atoms with Gasteiger partial charge < -0.3 is 10.2 Å². The van der Waals surface area contributed by atoms with Gasteiger partial charge in [0.05, 0.1) is 0 Å². The first-order valence-electron chi connectivity index (χ1n) is 9.71. The number of benzene rings is 2. The van der Waals surface area contributed by atoms with E-state index in [0.29, 0.717) is 35.2 Å². The molecule has 0 spiro atoms. The zero-order valence-electron chi connectivity index (χ0n) is 18.1. The molecule has 0 aromatic heterocycles. The van der Waals surface area contributed by atoms with Crippen LogP contribution >= 0.6 is 0 Å². The van der Waals surface area contributed by atoms with Crippen molar-refractivity contribution in [2.24, 2.45) is 0 Å². The van der Waals surface area contributed by atoms with Gasteiger partial charge in [-0.3, -0.25) is 0 Å². The molecule has 0 saturated carbocycles. The van der Waals surface area contributed by atoms with E-state index in [-0.39, 0.29) is 21.1 Å². The Hall–Kier alpha value is -1.27. The molecule has 0 amide bonds. The van der Waals surface area contributed by atoms with E-state index in [1.807, 2.05) is 12.1 Å². The molecule has 2 N–H and O–H groups in total. The van der Waals surface area contributed by atoms with Gasteiger partial charge in [-0.2, -0.15) is 0 Å². The standard InChI is InChI=1S/2C12H18O.W/c2*1-8(2)10-6-5-7-11(13)12(10)9(3)4;/h2*5-9,13H,1-4H3;. The van der Waals surface area contributed by atoms with E-state index in [9.17, 15) is 10.2 Å². The van der Waals surface area contributed by atoms with Crippen molar-refractivity contribution >= 4 is 0 Å². The third-order valence-corrected chi connectivity index (χ3v) is 4.63. The van der Waals surface area contributed by atoms with Crippen LogP contribution in [0.2, 0.25) is 0 Å². The molecule has 0 fully saturated rings. The molecule has 0 radical (unpaired) electrons. The fourth-order valence-corrected chi connectivity index (χ4v) is 3.41. The van der Waals surface area contributed by atoms with Crippen molar-refractivity contribution in [1.29, 1.82) is 0 Å². The van der Waals surface area contributed by atoms with Gasteiger partial charge in [-0.25, -0.2) is 0 Å². The molecule has 0 heterocycles. The molecule has 3 heteroatoms. The zero-order valence-corrected chi connectivity index (χ0v) is 21.0. The van der Waals surface area contributed by atoms with Crippen LogP contribution in [0.25, 0.3) is 0 Å². The van der Waals surface area contributed by atoms with Crippen molar-refractivity contribution in [2.75, 3.05) is 0 Å². The summed E-state index contributed by atoms with van der Waals surface area (Å²) in [4.78, 5) is 0. The Balaban J connectivity index is 0.000000483. The van der Waals surface area contributed by atoms with E-state index in [1.54, 1.807) is 12.1 Å². The molecule has 2 nitrogen and oxygen atoms in total. The van der Waals surface area contributed by atoms with Crippen LogP contribution in [0.1, 0.15) is 101 Å². The zero-order chi connectivity index (χ0) is 20.0. The molecule has 27 heavy (non-hydrogen) atoms. The van der Waals surface area contributed by atoms with Gasteiger partial charge in [0.2, 0.25) is 0 Å². The Bertz CT molecular complexity index is 642. The van der Waals surface area contributed by atoms with Crippen LogP contribution < -0.4 is 0 Å². The van der Waals surface area contributed by atoms with Gasteiger partial charge in [0.15, 0.2) is 0 Å². The van der Waals surface area contributed by atoms with Gasteiger partial charge in [-0.05, 0) is 58.1 Å². The van der Waals surface area contributed by atoms with Crippen LogP contribution in [0.5, 0.6) is 11.5 Å². The van der Waals surface area contributed by atoms with Crippen molar-refractivity contribution in [3.63, 3.8) is 0 Å². The molecule has 0 saturated heterocycles. The maximum Gasteiger partial charge on any atom is 0.119 e. The summed E-state index contributed by atoms with van der Waals surface area (Å²) in [5.41, 5.74) is 4.71. The van der Waals surface area contributed by atoms with Gasteiger partial charge in [0, 0.05) is 21.1 Å². The maximum absolute atomic E-state index is 9.71. The predicted molar refractivity (Wildman–Crippen MR) is 113 cm³/mol.